The molecule has 20 heavy (non-hydrogen) atoms. The molecule has 4 heteroatoms. The Morgan fingerprint density at radius 1 is 0.950 bits per heavy atom. The molecule has 0 aliphatic heterocycles. The smallest absolute Gasteiger partial charge is 0.133 e. The molecular weight excluding hydrogens is 250 g/mol. The Morgan fingerprint density at radius 2 is 1.75 bits per heavy atom. The van der Waals surface area contributed by atoms with Gasteiger partial charge < -0.3 is 16.2 Å². The molecule has 3 aromatic rings. The lowest BCUT2D eigenvalue weighted by Crippen LogP contribution is -1.99. The van der Waals surface area contributed by atoms with E-state index in [2.05, 4.69) is 11.1 Å². The second-order valence-corrected chi connectivity index (χ2v) is 4.53. The van der Waals surface area contributed by atoms with Crippen LogP contribution in [0, 0.1) is 0 Å². The van der Waals surface area contributed by atoms with Crippen LogP contribution in [0.1, 0.15) is 0 Å². The number of methoxy groups -OCH3 is 1. The number of hydrogen-bond acceptors (Lipinski definition) is 4. The number of pyridine rings is 1. The zero-order chi connectivity index (χ0) is 14.1. The van der Waals surface area contributed by atoms with Crippen molar-refractivity contribution < 1.29 is 4.74 Å². The minimum absolute atomic E-state index is 0.402. The second kappa shape index (κ2) is 4.74. The fourth-order valence-corrected chi connectivity index (χ4v) is 2.40. The van der Waals surface area contributed by atoms with E-state index in [-0.39, 0.29) is 0 Å². The van der Waals surface area contributed by atoms with Gasteiger partial charge in [0.25, 0.3) is 0 Å². The van der Waals surface area contributed by atoms with E-state index >= 15 is 0 Å². The van der Waals surface area contributed by atoms with Crippen molar-refractivity contribution in [1.29, 1.82) is 0 Å². The van der Waals surface area contributed by atoms with E-state index in [1.807, 2.05) is 36.4 Å². The Bertz CT molecular complexity index is 784. The summed E-state index contributed by atoms with van der Waals surface area (Å²) in [4.78, 5) is 4.13. The van der Waals surface area contributed by atoms with E-state index in [0.717, 1.165) is 27.6 Å². The second-order valence-electron chi connectivity index (χ2n) is 4.53. The van der Waals surface area contributed by atoms with Crippen molar-refractivity contribution in [1.82, 2.24) is 4.98 Å². The van der Waals surface area contributed by atoms with E-state index in [1.165, 1.54) is 0 Å². The summed E-state index contributed by atoms with van der Waals surface area (Å²) in [5, 5.41) is 2.20. The zero-order valence-electron chi connectivity index (χ0n) is 11.1. The summed E-state index contributed by atoms with van der Waals surface area (Å²) in [6.07, 6.45) is 0. The van der Waals surface area contributed by atoms with Crippen molar-refractivity contribution >= 4 is 22.4 Å². The lowest BCUT2D eigenvalue weighted by atomic mass is 9.97. The lowest BCUT2D eigenvalue weighted by molar-refractivity contribution is 0.417. The molecule has 0 radical (unpaired) electrons. The highest BCUT2D eigenvalue weighted by Crippen LogP contribution is 2.39. The number of rotatable bonds is 2. The molecule has 0 saturated carbocycles. The van der Waals surface area contributed by atoms with Crippen molar-refractivity contribution in [3.8, 4) is 16.9 Å². The molecule has 0 bridgehead atoms. The van der Waals surface area contributed by atoms with Crippen LogP contribution in [0.5, 0.6) is 5.75 Å². The van der Waals surface area contributed by atoms with Gasteiger partial charge in [0.1, 0.15) is 17.4 Å². The number of hydrogen-bond donors (Lipinski definition) is 2. The van der Waals surface area contributed by atoms with Crippen LogP contribution in [0.4, 0.5) is 11.6 Å². The number of anilines is 2. The maximum Gasteiger partial charge on any atom is 0.133 e. The molecule has 2 aromatic carbocycles. The number of nitrogens with two attached hydrogens (primary N) is 2. The summed E-state index contributed by atoms with van der Waals surface area (Å²) >= 11 is 0. The molecule has 0 amide bonds. The summed E-state index contributed by atoms with van der Waals surface area (Å²) in [5.41, 5.74) is 13.5. The quantitative estimate of drug-likeness (QED) is 0.746. The molecule has 4 N–H and O–H groups in total. The highest BCUT2D eigenvalue weighted by molar-refractivity contribution is 6.01. The normalized spacial score (nSPS) is 10.7. The van der Waals surface area contributed by atoms with E-state index in [4.69, 9.17) is 16.2 Å². The largest absolute Gasteiger partial charge is 0.496 e. The van der Waals surface area contributed by atoms with E-state index < -0.39 is 0 Å². The summed E-state index contributed by atoms with van der Waals surface area (Å²) in [6, 6.07) is 15.7. The number of fused-ring (bicyclic) bond motifs is 1. The Balaban J connectivity index is 2.38. The van der Waals surface area contributed by atoms with Gasteiger partial charge in [0.15, 0.2) is 0 Å². The van der Waals surface area contributed by atoms with Gasteiger partial charge in [0, 0.05) is 11.1 Å². The van der Waals surface area contributed by atoms with E-state index in [0.29, 0.717) is 11.6 Å². The summed E-state index contributed by atoms with van der Waals surface area (Å²) in [6.45, 7) is 0. The fraction of sp³-hybridized carbons (Fsp3) is 0.0625. The third kappa shape index (κ3) is 1.91. The van der Waals surface area contributed by atoms with Crippen LogP contribution in [-0.4, -0.2) is 12.1 Å². The standard InChI is InChI=1S/C16H15N3O/c1-20-13-8-6-10-4-2-3-5-11(10)15(13)12-7-9-14(17)19-16(12)18/h2-9H,1H3,(H4,17,18,19). The molecule has 1 aromatic heterocycles. The van der Waals surface area contributed by atoms with Crippen molar-refractivity contribution in [3.05, 3.63) is 48.5 Å². The Labute approximate surface area is 117 Å². The molecule has 0 unspecified atom stereocenters. The lowest BCUT2D eigenvalue weighted by Gasteiger charge is -2.14. The van der Waals surface area contributed by atoms with Gasteiger partial charge in [0.05, 0.1) is 7.11 Å². The number of aromatic nitrogens is 1. The first-order valence-corrected chi connectivity index (χ1v) is 6.29. The molecule has 0 fully saturated rings. The molecule has 4 nitrogen and oxygen atoms in total. The SMILES string of the molecule is COc1ccc2ccccc2c1-c1ccc(N)nc1N. The molecule has 1 heterocycles. The van der Waals surface area contributed by atoms with Gasteiger partial charge in [-0.25, -0.2) is 4.98 Å². The molecule has 0 atom stereocenters. The Kier molecular flexibility index (Phi) is 2.91. The fourth-order valence-electron chi connectivity index (χ4n) is 2.40. The number of nitrogen functional groups attached to an aromatic ring is 2. The van der Waals surface area contributed by atoms with Crippen LogP contribution in [0.15, 0.2) is 48.5 Å². The molecule has 0 aliphatic rings. The van der Waals surface area contributed by atoms with Crippen LogP contribution < -0.4 is 16.2 Å². The first-order chi connectivity index (χ1) is 9.70. The van der Waals surface area contributed by atoms with Crippen molar-refractivity contribution in [3.63, 3.8) is 0 Å². The predicted molar refractivity (Wildman–Crippen MR) is 82.6 cm³/mol. The van der Waals surface area contributed by atoms with Crippen molar-refractivity contribution in [2.24, 2.45) is 0 Å². The third-order valence-corrected chi connectivity index (χ3v) is 3.33. The van der Waals surface area contributed by atoms with Crippen LogP contribution in [0.2, 0.25) is 0 Å². The summed E-state index contributed by atoms with van der Waals surface area (Å²) in [7, 11) is 1.65. The van der Waals surface area contributed by atoms with E-state index in [9.17, 15) is 0 Å². The number of benzene rings is 2. The average Bonchev–Trinajstić information content (AvgIpc) is 2.46. The van der Waals surface area contributed by atoms with Gasteiger partial charge in [-0.05, 0) is 29.0 Å². The van der Waals surface area contributed by atoms with Gasteiger partial charge in [-0.1, -0.05) is 30.3 Å². The first kappa shape index (κ1) is 12.3. The highest BCUT2D eigenvalue weighted by Gasteiger charge is 2.13. The molecule has 3 rings (SSSR count). The maximum atomic E-state index is 6.02. The minimum Gasteiger partial charge on any atom is -0.496 e. The predicted octanol–water partition coefficient (Wildman–Crippen LogP) is 3.07. The number of ether oxygens (including phenoxy) is 1. The minimum atomic E-state index is 0.402. The van der Waals surface area contributed by atoms with Crippen molar-refractivity contribution in [2.45, 2.75) is 0 Å². The highest BCUT2D eigenvalue weighted by atomic mass is 16.5. The molecule has 0 spiro atoms. The van der Waals surface area contributed by atoms with E-state index in [1.54, 1.807) is 13.2 Å². The van der Waals surface area contributed by atoms with Gasteiger partial charge in [0.2, 0.25) is 0 Å². The molecule has 0 aliphatic carbocycles. The van der Waals surface area contributed by atoms with Gasteiger partial charge in [-0.15, -0.1) is 0 Å². The van der Waals surface area contributed by atoms with Gasteiger partial charge >= 0.3 is 0 Å². The van der Waals surface area contributed by atoms with Crippen LogP contribution in [0.25, 0.3) is 21.9 Å². The van der Waals surface area contributed by atoms with Crippen LogP contribution in [0.3, 0.4) is 0 Å². The van der Waals surface area contributed by atoms with Gasteiger partial charge in [-0.2, -0.15) is 0 Å². The van der Waals surface area contributed by atoms with Gasteiger partial charge in [-0.3, -0.25) is 0 Å². The topological polar surface area (TPSA) is 74.2 Å². The van der Waals surface area contributed by atoms with Crippen LogP contribution in [-0.2, 0) is 0 Å². The Hall–Kier alpha value is -2.75. The van der Waals surface area contributed by atoms with Crippen molar-refractivity contribution in [2.75, 3.05) is 18.6 Å². The molecule has 100 valence electrons. The van der Waals surface area contributed by atoms with Crippen LogP contribution >= 0.6 is 0 Å². The average molecular weight is 265 g/mol. The summed E-state index contributed by atoms with van der Waals surface area (Å²) in [5.74, 6) is 1.58. The first-order valence-electron chi connectivity index (χ1n) is 6.29. The maximum absolute atomic E-state index is 6.02. The molecular formula is C16H15N3O. The number of nitrogens with zero attached hydrogens (tertiary/aromatic N) is 1. The summed E-state index contributed by atoms with van der Waals surface area (Å²) < 4.78 is 5.48. The molecule has 0 saturated heterocycles. The Morgan fingerprint density at radius 3 is 2.50 bits per heavy atom. The monoisotopic (exact) mass is 265 g/mol. The third-order valence-electron chi connectivity index (χ3n) is 3.33. The zero-order valence-corrected chi connectivity index (χ0v) is 11.1.